The molecule has 2 heterocycles. The molecular weight excluding hydrogens is 382 g/mol. The van der Waals surface area contributed by atoms with Crippen LogP contribution in [0.5, 0.6) is 0 Å². The maximum absolute atomic E-state index is 12.8. The molecule has 0 aliphatic rings. The fourth-order valence-electron chi connectivity index (χ4n) is 3.33. The number of nitrogens with zero attached hydrogens (tertiary/aromatic N) is 2. The molecule has 4 rings (SSSR count). The molecular formula is C23H21N3O2S. The molecule has 0 radical (unpaired) electrons. The second-order valence-electron chi connectivity index (χ2n) is 6.92. The Morgan fingerprint density at radius 3 is 2.59 bits per heavy atom. The molecule has 0 aliphatic carbocycles. The molecule has 0 saturated heterocycles. The van der Waals surface area contributed by atoms with Crippen LogP contribution in [0, 0.1) is 13.8 Å². The number of aryl methyl sites for hydroxylation is 3. The lowest BCUT2D eigenvalue weighted by molar-refractivity contribution is -0.116. The summed E-state index contributed by atoms with van der Waals surface area (Å²) in [5.41, 5.74) is 3.64. The number of nitrogens with one attached hydrogen (secondary N) is 1. The Hall–Kier alpha value is -3.25. The monoisotopic (exact) mass is 403 g/mol. The molecule has 2 aromatic heterocycles. The normalized spacial score (nSPS) is 11.0. The summed E-state index contributed by atoms with van der Waals surface area (Å²) in [6.45, 7) is 4.22. The van der Waals surface area contributed by atoms with Crippen LogP contribution in [0.2, 0.25) is 0 Å². The van der Waals surface area contributed by atoms with Crippen LogP contribution in [-0.2, 0) is 11.3 Å². The first-order valence-electron chi connectivity index (χ1n) is 9.44. The lowest BCUT2D eigenvalue weighted by Crippen LogP contribution is -2.23. The van der Waals surface area contributed by atoms with E-state index < -0.39 is 0 Å². The Morgan fingerprint density at radius 2 is 1.79 bits per heavy atom. The summed E-state index contributed by atoms with van der Waals surface area (Å²) in [6, 6.07) is 17.6. The number of hydrogen-bond donors (Lipinski definition) is 1. The SMILES string of the molecule is Cc1sc2ncn(CCC(=O)Nc3ccccc3-c3ccccc3)c(=O)c2c1C. The van der Waals surface area contributed by atoms with Crippen molar-refractivity contribution in [2.24, 2.45) is 0 Å². The van der Waals surface area contributed by atoms with Crippen molar-refractivity contribution < 1.29 is 4.79 Å². The maximum atomic E-state index is 12.8. The van der Waals surface area contributed by atoms with E-state index in [1.807, 2.05) is 68.4 Å². The molecule has 6 heteroatoms. The molecule has 146 valence electrons. The van der Waals surface area contributed by atoms with Gasteiger partial charge in [-0.25, -0.2) is 4.98 Å². The number of carbonyl (C=O) groups is 1. The number of anilines is 1. The van der Waals surface area contributed by atoms with E-state index in [-0.39, 0.29) is 24.4 Å². The van der Waals surface area contributed by atoms with Gasteiger partial charge in [0.05, 0.1) is 11.7 Å². The summed E-state index contributed by atoms with van der Waals surface area (Å²) in [5, 5.41) is 3.64. The molecule has 0 saturated carbocycles. The summed E-state index contributed by atoms with van der Waals surface area (Å²) in [7, 11) is 0. The molecule has 4 aromatic rings. The standard InChI is InChI=1S/C23H21N3O2S/c1-15-16(2)29-22-21(15)23(28)26(14-24-22)13-12-20(27)25-19-11-7-6-10-18(19)17-8-4-3-5-9-17/h3-11,14H,12-13H2,1-2H3,(H,25,27). The van der Waals surface area contributed by atoms with Gasteiger partial charge in [-0.15, -0.1) is 11.3 Å². The van der Waals surface area contributed by atoms with E-state index >= 15 is 0 Å². The second kappa shape index (κ2) is 8.01. The third kappa shape index (κ3) is 3.84. The van der Waals surface area contributed by atoms with E-state index in [0.29, 0.717) is 5.39 Å². The first-order valence-corrected chi connectivity index (χ1v) is 10.3. The summed E-state index contributed by atoms with van der Waals surface area (Å²) >= 11 is 1.52. The number of rotatable bonds is 5. The van der Waals surface area contributed by atoms with Gasteiger partial charge in [-0.1, -0.05) is 48.5 Å². The molecule has 2 aromatic carbocycles. The largest absolute Gasteiger partial charge is 0.325 e. The van der Waals surface area contributed by atoms with Gasteiger partial charge >= 0.3 is 0 Å². The zero-order valence-corrected chi connectivity index (χ0v) is 17.1. The summed E-state index contributed by atoms with van der Waals surface area (Å²) in [6.07, 6.45) is 1.73. The molecule has 0 spiro atoms. The van der Waals surface area contributed by atoms with Crippen molar-refractivity contribution in [2.45, 2.75) is 26.8 Å². The first-order chi connectivity index (χ1) is 14.0. The topological polar surface area (TPSA) is 64.0 Å². The highest BCUT2D eigenvalue weighted by molar-refractivity contribution is 7.18. The smallest absolute Gasteiger partial charge is 0.262 e. The minimum Gasteiger partial charge on any atom is -0.325 e. The van der Waals surface area contributed by atoms with E-state index in [9.17, 15) is 9.59 Å². The fourth-order valence-corrected chi connectivity index (χ4v) is 4.31. The van der Waals surface area contributed by atoms with Gasteiger partial charge < -0.3 is 5.32 Å². The fraction of sp³-hybridized carbons (Fsp3) is 0.174. The van der Waals surface area contributed by atoms with Gasteiger partial charge in [0, 0.05) is 29.1 Å². The molecule has 1 amide bonds. The molecule has 0 atom stereocenters. The Bertz CT molecular complexity index is 1240. The van der Waals surface area contributed by atoms with Crippen molar-refractivity contribution in [2.75, 3.05) is 5.32 Å². The Balaban J connectivity index is 1.51. The number of thiophene rings is 1. The van der Waals surface area contributed by atoms with Crippen molar-refractivity contribution in [3.8, 4) is 11.1 Å². The average Bonchev–Trinajstić information content (AvgIpc) is 3.03. The first kappa shape index (κ1) is 19.1. The zero-order valence-electron chi connectivity index (χ0n) is 16.3. The quantitative estimate of drug-likeness (QED) is 0.522. The highest BCUT2D eigenvalue weighted by Gasteiger charge is 2.13. The van der Waals surface area contributed by atoms with Gasteiger partial charge in [-0.3, -0.25) is 14.2 Å². The van der Waals surface area contributed by atoms with Crippen molar-refractivity contribution in [3.05, 3.63) is 81.7 Å². The number of benzene rings is 2. The minimum atomic E-state index is -0.140. The molecule has 29 heavy (non-hydrogen) atoms. The number of hydrogen-bond acceptors (Lipinski definition) is 4. The van der Waals surface area contributed by atoms with Crippen LogP contribution < -0.4 is 10.9 Å². The van der Waals surface area contributed by atoms with Crippen molar-refractivity contribution in [1.82, 2.24) is 9.55 Å². The Labute approximate surface area is 172 Å². The van der Waals surface area contributed by atoms with Crippen LogP contribution in [0.4, 0.5) is 5.69 Å². The van der Waals surface area contributed by atoms with Gasteiger partial charge in [-0.2, -0.15) is 0 Å². The lowest BCUT2D eigenvalue weighted by Gasteiger charge is -2.12. The summed E-state index contributed by atoms with van der Waals surface area (Å²) < 4.78 is 1.52. The molecule has 0 fully saturated rings. The third-order valence-electron chi connectivity index (χ3n) is 5.02. The van der Waals surface area contributed by atoms with Crippen molar-refractivity contribution in [1.29, 1.82) is 0 Å². The van der Waals surface area contributed by atoms with Crippen LogP contribution in [0.15, 0.2) is 65.7 Å². The molecule has 0 unspecified atom stereocenters. The highest BCUT2D eigenvalue weighted by atomic mass is 32.1. The molecule has 0 bridgehead atoms. The van der Waals surface area contributed by atoms with Gasteiger partial charge in [0.2, 0.25) is 5.91 Å². The van der Waals surface area contributed by atoms with E-state index in [1.54, 1.807) is 0 Å². The van der Waals surface area contributed by atoms with Crippen molar-refractivity contribution >= 4 is 33.1 Å². The number of aromatic nitrogens is 2. The van der Waals surface area contributed by atoms with E-state index in [2.05, 4.69) is 10.3 Å². The van der Waals surface area contributed by atoms with Crippen LogP contribution in [0.25, 0.3) is 21.3 Å². The molecule has 5 nitrogen and oxygen atoms in total. The van der Waals surface area contributed by atoms with Crippen molar-refractivity contribution in [3.63, 3.8) is 0 Å². The number of fused-ring (bicyclic) bond motifs is 1. The highest BCUT2D eigenvalue weighted by Crippen LogP contribution is 2.28. The molecule has 1 N–H and O–H groups in total. The number of amides is 1. The summed E-state index contributed by atoms with van der Waals surface area (Å²) in [4.78, 5) is 31.6. The Kier molecular flexibility index (Phi) is 5.27. The van der Waals surface area contributed by atoms with E-state index in [1.165, 1.54) is 22.2 Å². The molecule has 0 aliphatic heterocycles. The third-order valence-corrected chi connectivity index (χ3v) is 6.14. The predicted molar refractivity (Wildman–Crippen MR) is 118 cm³/mol. The summed E-state index contributed by atoms with van der Waals surface area (Å²) in [5.74, 6) is -0.140. The Morgan fingerprint density at radius 1 is 1.07 bits per heavy atom. The predicted octanol–water partition coefficient (Wildman–Crippen LogP) is 4.77. The maximum Gasteiger partial charge on any atom is 0.262 e. The van der Waals surface area contributed by atoms with Gasteiger partial charge in [0.25, 0.3) is 5.56 Å². The van der Waals surface area contributed by atoms with Gasteiger partial charge in [0.1, 0.15) is 4.83 Å². The lowest BCUT2D eigenvalue weighted by atomic mass is 10.0. The van der Waals surface area contributed by atoms with E-state index in [0.717, 1.165) is 32.1 Å². The second-order valence-corrected chi connectivity index (χ2v) is 8.12. The van der Waals surface area contributed by atoms with Crippen LogP contribution in [0.1, 0.15) is 16.9 Å². The van der Waals surface area contributed by atoms with Crippen LogP contribution in [-0.4, -0.2) is 15.5 Å². The van der Waals surface area contributed by atoms with E-state index in [4.69, 9.17) is 0 Å². The van der Waals surface area contributed by atoms with Gasteiger partial charge in [0.15, 0.2) is 0 Å². The zero-order chi connectivity index (χ0) is 20.4. The van der Waals surface area contributed by atoms with Crippen LogP contribution >= 0.6 is 11.3 Å². The minimum absolute atomic E-state index is 0.0886. The number of para-hydroxylation sites is 1. The van der Waals surface area contributed by atoms with Gasteiger partial charge in [-0.05, 0) is 31.0 Å². The van der Waals surface area contributed by atoms with Crippen LogP contribution in [0.3, 0.4) is 0 Å². The average molecular weight is 404 g/mol. The number of carbonyl (C=O) groups excluding carboxylic acids is 1.